The lowest BCUT2D eigenvalue weighted by atomic mass is 10.2. The van der Waals surface area contributed by atoms with Gasteiger partial charge in [-0.05, 0) is 12.1 Å². The van der Waals surface area contributed by atoms with E-state index in [0.29, 0.717) is 5.82 Å². The Labute approximate surface area is 128 Å². The van der Waals surface area contributed by atoms with Crippen molar-refractivity contribution in [3.05, 3.63) is 36.3 Å². The van der Waals surface area contributed by atoms with E-state index >= 15 is 0 Å². The average molecular weight is 330 g/mol. The van der Waals surface area contributed by atoms with Crippen LogP contribution in [0.5, 0.6) is 0 Å². The fourth-order valence-corrected chi connectivity index (χ4v) is 2.04. The number of halogens is 3. The largest absolute Gasteiger partial charge is 0.480 e. The van der Waals surface area contributed by atoms with Gasteiger partial charge in [-0.2, -0.15) is 18.3 Å². The highest BCUT2D eigenvalue weighted by atomic mass is 19.4. The Morgan fingerprint density at radius 3 is 2.48 bits per heavy atom. The van der Waals surface area contributed by atoms with Crippen LogP contribution in [0.4, 0.5) is 13.2 Å². The summed E-state index contributed by atoms with van der Waals surface area (Å²) in [6.45, 7) is 0. The molecule has 0 saturated carbocycles. The quantitative estimate of drug-likeness (QED) is 0.866. The Morgan fingerprint density at radius 2 is 1.96 bits per heavy atom. The molecule has 0 radical (unpaired) electrons. The molecule has 2 N–H and O–H groups in total. The van der Waals surface area contributed by atoms with Gasteiger partial charge in [-0.1, -0.05) is 0 Å². The van der Waals surface area contributed by atoms with E-state index < -0.39 is 30.5 Å². The molecule has 0 aromatic carbocycles. The Bertz CT molecular complexity index is 707. The van der Waals surface area contributed by atoms with Crippen LogP contribution in [0.25, 0.3) is 5.82 Å². The summed E-state index contributed by atoms with van der Waals surface area (Å²) in [6, 6.07) is 1.32. The molecule has 1 atom stereocenters. The number of aryl methyl sites for hydroxylation is 1. The maximum atomic E-state index is 12.4. The lowest BCUT2D eigenvalue weighted by molar-refractivity contribution is -0.157. The monoisotopic (exact) mass is 330 g/mol. The van der Waals surface area contributed by atoms with Crippen molar-refractivity contribution < 1.29 is 27.9 Å². The molecule has 124 valence electrons. The zero-order chi connectivity index (χ0) is 17.2. The summed E-state index contributed by atoms with van der Waals surface area (Å²) in [6.07, 6.45) is -1.96. The van der Waals surface area contributed by atoms with Gasteiger partial charge in [0.25, 0.3) is 5.91 Å². The van der Waals surface area contributed by atoms with Crippen molar-refractivity contribution in [2.75, 3.05) is 0 Å². The summed E-state index contributed by atoms with van der Waals surface area (Å²) in [5.74, 6) is -2.40. The zero-order valence-electron chi connectivity index (χ0n) is 11.9. The van der Waals surface area contributed by atoms with E-state index in [1.807, 2.05) is 5.32 Å². The van der Waals surface area contributed by atoms with Crippen molar-refractivity contribution in [1.29, 1.82) is 0 Å². The standard InChI is InChI=1S/C13H13F3N4O3/c1-19-11(20-4-2-3-5-20)8(7-17-19)10(21)18-9(12(22)23)6-13(14,15)16/h2-5,7,9H,6H2,1H3,(H,18,21)(H,22,23). The SMILES string of the molecule is Cn1ncc(C(=O)NC(CC(F)(F)F)C(=O)O)c1-n1cccc1. The molecule has 0 saturated heterocycles. The van der Waals surface area contributed by atoms with Crippen molar-refractivity contribution in [3.63, 3.8) is 0 Å². The number of carbonyl (C=O) groups is 2. The highest BCUT2D eigenvalue weighted by Crippen LogP contribution is 2.22. The molecule has 1 amide bonds. The minimum Gasteiger partial charge on any atom is -0.480 e. The van der Waals surface area contributed by atoms with Crippen LogP contribution in [0.15, 0.2) is 30.7 Å². The number of carboxylic acids is 1. The van der Waals surface area contributed by atoms with Crippen LogP contribution in [0.1, 0.15) is 16.8 Å². The van der Waals surface area contributed by atoms with E-state index in [0.717, 1.165) is 6.20 Å². The Hall–Kier alpha value is -2.78. The highest BCUT2D eigenvalue weighted by molar-refractivity contribution is 5.99. The fourth-order valence-electron chi connectivity index (χ4n) is 2.04. The second-order valence-corrected chi connectivity index (χ2v) is 4.78. The summed E-state index contributed by atoms with van der Waals surface area (Å²) in [5, 5.41) is 14.6. The molecule has 0 aliphatic heterocycles. The van der Waals surface area contributed by atoms with Gasteiger partial charge in [0.2, 0.25) is 0 Å². The molecule has 2 aromatic rings. The molecule has 0 fully saturated rings. The number of rotatable bonds is 5. The van der Waals surface area contributed by atoms with Crippen LogP contribution in [0, 0.1) is 0 Å². The number of aliphatic carboxylic acids is 1. The van der Waals surface area contributed by atoms with Gasteiger partial charge in [0.15, 0.2) is 0 Å². The summed E-state index contributed by atoms with van der Waals surface area (Å²) < 4.78 is 40.1. The van der Waals surface area contributed by atoms with Crippen LogP contribution in [0.3, 0.4) is 0 Å². The van der Waals surface area contributed by atoms with Crippen LogP contribution in [0.2, 0.25) is 0 Å². The van der Waals surface area contributed by atoms with Crippen molar-refractivity contribution in [1.82, 2.24) is 19.7 Å². The first-order chi connectivity index (χ1) is 10.7. The molecule has 0 spiro atoms. The molecule has 0 aliphatic carbocycles. The fraction of sp³-hybridized carbons (Fsp3) is 0.308. The summed E-state index contributed by atoms with van der Waals surface area (Å²) in [4.78, 5) is 23.1. The van der Waals surface area contributed by atoms with Gasteiger partial charge in [-0.25, -0.2) is 4.79 Å². The van der Waals surface area contributed by atoms with Gasteiger partial charge in [0.05, 0.1) is 12.6 Å². The first-order valence-corrected chi connectivity index (χ1v) is 6.45. The van der Waals surface area contributed by atoms with Gasteiger partial charge in [-0.3, -0.25) is 9.48 Å². The van der Waals surface area contributed by atoms with E-state index in [1.165, 1.54) is 4.68 Å². The number of aromatic nitrogens is 3. The summed E-state index contributed by atoms with van der Waals surface area (Å²) in [5.41, 5.74) is -0.0304. The molecule has 10 heteroatoms. The lowest BCUT2D eigenvalue weighted by Crippen LogP contribution is -2.43. The number of hydrogen-bond acceptors (Lipinski definition) is 3. The number of amides is 1. The third kappa shape index (κ3) is 3.90. The van der Waals surface area contributed by atoms with E-state index in [-0.39, 0.29) is 5.56 Å². The lowest BCUT2D eigenvalue weighted by Gasteiger charge is -2.16. The second kappa shape index (κ2) is 6.15. The number of hydrogen-bond donors (Lipinski definition) is 2. The van der Waals surface area contributed by atoms with E-state index in [4.69, 9.17) is 5.11 Å². The van der Waals surface area contributed by atoms with Gasteiger partial charge in [0.1, 0.15) is 17.4 Å². The van der Waals surface area contributed by atoms with Crippen molar-refractivity contribution in [3.8, 4) is 5.82 Å². The molecule has 1 unspecified atom stereocenters. The molecule has 7 nitrogen and oxygen atoms in total. The predicted molar refractivity (Wildman–Crippen MR) is 72.1 cm³/mol. The average Bonchev–Trinajstić information content (AvgIpc) is 3.04. The minimum absolute atomic E-state index is 0.0304. The van der Waals surface area contributed by atoms with Crippen molar-refractivity contribution >= 4 is 11.9 Å². The number of carbonyl (C=O) groups excluding carboxylic acids is 1. The Balaban J connectivity index is 2.26. The molecule has 0 bridgehead atoms. The van der Waals surface area contributed by atoms with Gasteiger partial charge >= 0.3 is 12.1 Å². The summed E-state index contributed by atoms with van der Waals surface area (Å²) in [7, 11) is 1.55. The van der Waals surface area contributed by atoms with E-state index in [2.05, 4.69) is 5.10 Å². The minimum atomic E-state index is -4.71. The van der Waals surface area contributed by atoms with Crippen LogP contribution < -0.4 is 5.32 Å². The number of alkyl halides is 3. The van der Waals surface area contributed by atoms with Crippen molar-refractivity contribution in [2.45, 2.75) is 18.6 Å². The molecule has 2 aromatic heterocycles. The van der Waals surface area contributed by atoms with E-state index in [9.17, 15) is 22.8 Å². The van der Waals surface area contributed by atoms with Crippen LogP contribution in [-0.4, -0.2) is 43.5 Å². The number of carboxylic acid groups (broad SMARTS) is 1. The van der Waals surface area contributed by atoms with Crippen LogP contribution in [-0.2, 0) is 11.8 Å². The first kappa shape index (κ1) is 16.6. The highest BCUT2D eigenvalue weighted by Gasteiger charge is 2.36. The normalized spacial score (nSPS) is 12.9. The Kier molecular flexibility index (Phi) is 4.43. The molecule has 2 heterocycles. The van der Waals surface area contributed by atoms with Gasteiger partial charge in [0, 0.05) is 19.4 Å². The van der Waals surface area contributed by atoms with Crippen LogP contribution >= 0.6 is 0 Å². The molecular formula is C13H13F3N4O3. The molecule has 0 aliphatic rings. The predicted octanol–water partition coefficient (Wildman–Crippen LogP) is 1.35. The van der Waals surface area contributed by atoms with Gasteiger partial charge < -0.3 is 15.0 Å². The van der Waals surface area contributed by atoms with E-state index in [1.54, 1.807) is 36.1 Å². The number of nitrogens with one attached hydrogen (secondary N) is 1. The topological polar surface area (TPSA) is 89.2 Å². The van der Waals surface area contributed by atoms with Crippen molar-refractivity contribution in [2.24, 2.45) is 7.05 Å². The summed E-state index contributed by atoms with van der Waals surface area (Å²) >= 11 is 0. The maximum absolute atomic E-state index is 12.4. The maximum Gasteiger partial charge on any atom is 0.391 e. The Morgan fingerprint density at radius 1 is 1.35 bits per heavy atom. The third-order valence-corrected chi connectivity index (χ3v) is 3.04. The molecule has 23 heavy (non-hydrogen) atoms. The van der Waals surface area contributed by atoms with Gasteiger partial charge in [-0.15, -0.1) is 0 Å². The smallest absolute Gasteiger partial charge is 0.391 e. The molecular weight excluding hydrogens is 317 g/mol. The zero-order valence-corrected chi connectivity index (χ0v) is 11.9. The first-order valence-electron chi connectivity index (χ1n) is 6.45. The molecule has 2 rings (SSSR count). The third-order valence-electron chi connectivity index (χ3n) is 3.04. The second-order valence-electron chi connectivity index (χ2n) is 4.78. The number of nitrogens with zero attached hydrogens (tertiary/aromatic N) is 3.